The molecule has 11 nitrogen and oxygen atoms in total. The monoisotopic (exact) mass is 867 g/mol. The number of aliphatic hydroxyl groups is 2. The maximum atomic E-state index is 13.4. The van der Waals surface area contributed by atoms with Gasteiger partial charge in [0.1, 0.15) is 11.5 Å². The Morgan fingerprint density at radius 1 is 0.661 bits per heavy atom. The van der Waals surface area contributed by atoms with Crippen molar-refractivity contribution in [2.45, 2.75) is 16.2 Å². The molecular weight excluding hydrogens is 820 g/mol. The van der Waals surface area contributed by atoms with Gasteiger partial charge in [-0.3, -0.25) is 9.59 Å². The van der Waals surface area contributed by atoms with E-state index in [1.54, 1.807) is 12.1 Å². The number of nitrogens with zero attached hydrogens (tertiary/aromatic N) is 1. The molecule has 16 heteroatoms. The Labute approximate surface area is 355 Å². The van der Waals surface area contributed by atoms with Crippen molar-refractivity contribution in [1.82, 2.24) is 15.5 Å². The van der Waals surface area contributed by atoms with Gasteiger partial charge in [-0.25, -0.2) is 0 Å². The van der Waals surface area contributed by atoms with Crippen LogP contribution in [0.1, 0.15) is 49.4 Å². The van der Waals surface area contributed by atoms with E-state index in [-0.39, 0.29) is 84.2 Å². The number of phenolic OH excluding ortho intramolecular Hbond substituents is 2. The minimum Gasteiger partial charge on any atom is -0.507 e. The molecule has 1 aliphatic carbocycles. The SMILES string of the molecule is CN(C)CCC=C1c2ccccc2Sc2ccc(Cl)cc21.Cl.Cl.Cl.O=C1c2c(O)ccc(O)c2C(=O)c2c(NCCNCCO)ccc(NCCNCCO)c21. The van der Waals surface area contributed by atoms with Crippen LogP contribution in [-0.2, 0) is 0 Å². The van der Waals surface area contributed by atoms with Crippen LogP contribution in [0.2, 0.25) is 5.02 Å². The van der Waals surface area contributed by atoms with E-state index in [9.17, 15) is 19.8 Å². The van der Waals surface area contributed by atoms with Crippen LogP contribution in [0.25, 0.3) is 5.57 Å². The average Bonchev–Trinajstić information content (AvgIpc) is 3.14. The van der Waals surface area contributed by atoms with Crippen LogP contribution in [0.3, 0.4) is 0 Å². The number of rotatable bonds is 15. The number of hydrogen-bond donors (Lipinski definition) is 8. The number of fused-ring (bicyclic) bond motifs is 4. The van der Waals surface area contributed by atoms with Crippen LogP contribution >= 0.6 is 60.6 Å². The molecule has 4 aromatic rings. The zero-order chi connectivity index (χ0) is 37.9. The quantitative estimate of drug-likeness (QED) is 0.0429. The van der Waals surface area contributed by atoms with E-state index in [0.29, 0.717) is 50.6 Å². The molecule has 0 spiro atoms. The van der Waals surface area contributed by atoms with Crippen LogP contribution in [0.15, 0.2) is 82.6 Å². The van der Waals surface area contributed by atoms with Crippen molar-refractivity contribution in [1.29, 1.82) is 0 Å². The number of ketones is 2. The highest BCUT2D eigenvalue weighted by Crippen LogP contribution is 2.46. The van der Waals surface area contributed by atoms with Crippen molar-refractivity contribution in [2.24, 2.45) is 0 Å². The molecule has 0 amide bonds. The summed E-state index contributed by atoms with van der Waals surface area (Å²) in [5, 5.41) is 51.4. The first kappa shape index (κ1) is 48.6. The van der Waals surface area contributed by atoms with Gasteiger partial charge in [0, 0.05) is 72.0 Å². The van der Waals surface area contributed by atoms with Gasteiger partial charge in [0.25, 0.3) is 0 Å². The summed E-state index contributed by atoms with van der Waals surface area (Å²) in [7, 11) is 4.21. The molecule has 0 bridgehead atoms. The molecule has 0 fully saturated rings. The highest BCUT2D eigenvalue weighted by Gasteiger charge is 2.38. The number of benzene rings is 4. The smallest absolute Gasteiger partial charge is 0.200 e. The van der Waals surface area contributed by atoms with Gasteiger partial charge in [0.05, 0.1) is 35.5 Å². The van der Waals surface area contributed by atoms with Gasteiger partial charge in [-0.15, -0.1) is 37.2 Å². The van der Waals surface area contributed by atoms with Gasteiger partial charge in [0.2, 0.25) is 11.6 Å². The first-order chi connectivity index (χ1) is 25.7. The molecular formula is C40H49Cl4N5O6S. The van der Waals surface area contributed by atoms with E-state index >= 15 is 0 Å². The standard InChI is InChI=1S/C22H28N4O6.C18H18ClNS.3ClH/c27-11-9-23-5-7-25-13-1-2-14(26-8-6-24-10-12-28)18-17(13)21(31)19-15(29)3-4-16(30)20(19)22(18)32;1-20(2)11-5-7-14-15-6-3-4-8-17(15)21-18-10-9-13(19)12-16(14)18;;;/h1-4,23-30H,5-12H2;3-4,6-10,12H,5,11H2,1-2H3;3*1H. The van der Waals surface area contributed by atoms with Crippen molar-refractivity contribution in [3.8, 4) is 11.5 Å². The number of carbonyl (C=O) groups is 2. The molecule has 1 aliphatic heterocycles. The summed E-state index contributed by atoms with van der Waals surface area (Å²) in [5.74, 6) is -1.86. The Balaban J connectivity index is 0.000000394. The third kappa shape index (κ3) is 11.8. The molecule has 0 saturated heterocycles. The first-order valence-corrected chi connectivity index (χ1v) is 18.7. The van der Waals surface area contributed by atoms with Crippen LogP contribution < -0.4 is 21.3 Å². The summed E-state index contributed by atoms with van der Waals surface area (Å²) in [6, 6.07) is 20.5. The zero-order valence-corrected chi connectivity index (χ0v) is 35.1. The normalized spacial score (nSPS) is 12.8. The summed E-state index contributed by atoms with van der Waals surface area (Å²) in [5.41, 5.74) is 4.56. The Morgan fingerprint density at radius 3 is 1.70 bits per heavy atom. The minimum absolute atomic E-state index is 0. The van der Waals surface area contributed by atoms with Crippen molar-refractivity contribution < 1.29 is 30.0 Å². The molecule has 0 unspecified atom stereocenters. The molecule has 56 heavy (non-hydrogen) atoms. The van der Waals surface area contributed by atoms with E-state index in [2.05, 4.69) is 82.7 Å². The first-order valence-electron chi connectivity index (χ1n) is 17.5. The van der Waals surface area contributed by atoms with E-state index in [1.807, 2.05) is 17.8 Å². The molecule has 4 aromatic carbocycles. The van der Waals surface area contributed by atoms with Crippen molar-refractivity contribution >= 4 is 89.1 Å². The number of nitrogens with one attached hydrogen (secondary N) is 4. The maximum absolute atomic E-state index is 13.4. The lowest BCUT2D eigenvalue weighted by atomic mass is 9.81. The lowest BCUT2D eigenvalue weighted by Crippen LogP contribution is -2.28. The van der Waals surface area contributed by atoms with Crippen LogP contribution in [0.4, 0.5) is 11.4 Å². The number of hydrogen-bond acceptors (Lipinski definition) is 12. The van der Waals surface area contributed by atoms with E-state index < -0.39 is 11.6 Å². The van der Waals surface area contributed by atoms with Crippen LogP contribution in [-0.4, -0.2) is 110 Å². The van der Waals surface area contributed by atoms with E-state index in [1.165, 1.54) is 38.6 Å². The summed E-state index contributed by atoms with van der Waals surface area (Å²) in [4.78, 5) is 31.6. The van der Waals surface area contributed by atoms with Crippen LogP contribution in [0, 0.1) is 0 Å². The fraction of sp³-hybridized carbons (Fsp3) is 0.300. The van der Waals surface area contributed by atoms with Gasteiger partial charge < -0.3 is 46.6 Å². The number of anilines is 2. The summed E-state index contributed by atoms with van der Waals surface area (Å²) < 4.78 is 0. The third-order valence-corrected chi connectivity index (χ3v) is 10.0. The summed E-state index contributed by atoms with van der Waals surface area (Å²) in [6.45, 7) is 3.86. The Bertz CT molecular complexity index is 1910. The molecule has 0 aromatic heterocycles. The Morgan fingerprint density at radius 2 is 1.18 bits per heavy atom. The highest BCUT2D eigenvalue weighted by atomic mass is 35.5. The number of aliphatic hydroxyl groups excluding tert-OH is 2. The van der Waals surface area contributed by atoms with Crippen molar-refractivity contribution in [3.05, 3.63) is 111 Å². The van der Waals surface area contributed by atoms with E-state index in [0.717, 1.165) is 18.0 Å². The lowest BCUT2D eigenvalue weighted by Gasteiger charge is -2.25. The molecule has 1 heterocycles. The Hall–Kier alpha value is -3.53. The molecule has 0 saturated carbocycles. The molecule has 2 aliphatic rings. The minimum atomic E-state index is -0.559. The van der Waals surface area contributed by atoms with Gasteiger partial charge >= 0.3 is 0 Å². The molecule has 6 rings (SSSR count). The summed E-state index contributed by atoms with van der Waals surface area (Å²) in [6.07, 6.45) is 3.38. The molecule has 0 atom stereocenters. The van der Waals surface area contributed by atoms with Gasteiger partial charge in [-0.1, -0.05) is 47.6 Å². The largest absolute Gasteiger partial charge is 0.507 e. The van der Waals surface area contributed by atoms with E-state index in [4.69, 9.17) is 21.8 Å². The fourth-order valence-electron chi connectivity index (χ4n) is 6.17. The number of halogens is 4. The second kappa shape index (κ2) is 23.6. The second-order valence-corrected chi connectivity index (χ2v) is 14.2. The molecule has 0 radical (unpaired) electrons. The Kier molecular flexibility index (Phi) is 20.5. The van der Waals surface area contributed by atoms with Gasteiger partial charge in [-0.2, -0.15) is 0 Å². The number of carbonyl (C=O) groups excluding carboxylic acids is 2. The van der Waals surface area contributed by atoms with Gasteiger partial charge in [0.15, 0.2) is 0 Å². The number of aromatic hydroxyl groups is 2. The topological polar surface area (TPSA) is 166 Å². The average molecular weight is 870 g/mol. The van der Waals surface area contributed by atoms with Crippen molar-refractivity contribution in [2.75, 3.05) is 83.8 Å². The highest BCUT2D eigenvalue weighted by molar-refractivity contribution is 7.99. The van der Waals surface area contributed by atoms with Crippen molar-refractivity contribution in [3.63, 3.8) is 0 Å². The fourth-order valence-corrected chi connectivity index (χ4v) is 7.43. The molecule has 304 valence electrons. The van der Waals surface area contributed by atoms with Gasteiger partial charge in [-0.05, 0) is 85.7 Å². The second-order valence-electron chi connectivity index (χ2n) is 12.7. The third-order valence-electron chi connectivity index (χ3n) is 8.64. The predicted molar refractivity (Wildman–Crippen MR) is 234 cm³/mol. The zero-order valence-electron chi connectivity index (χ0n) is 31.1. The maximum Gasteiger partial charge on any atom is 0.200 e. The molecule has 8 N–H and O–H groups in total. The predicted octanol–water partition coefficient (Wildman–Crippen LogP) is 6.31. The van der Waals surface area contributed by atoms with Crippen LogP contribution in [0.5, 0.6) is 11.5 Å². The lowest BCUT2D eigenvalue weighted by molar-refractivity contribution is 0.0975. The summed E-state index contributed by atoms with van der Waals surface area (Å²) >= 11 is 8.03. The number of phenols is 2.